The number of amides is 3. The lowest BCUT2D eigenvalue weighted by Crippen LogP contribution is -2.31. The van der Waals surface area contributed by atoms with E-state index in [1.165, 1.54) is 4.90 Å². The van der Waals surface area contributed by atoms with Gasteiger partial charge in [0, 0.05) is 24.7 Å². The Bertz CT molecular complexity index is 1270. The van der Waals surface area contributed by atoms with E-state index in [-0.39, 0.29) is 54.2 Å². The van der Waals surface area contributed by atoms with Crippen LogP contribution >= 0.6 is 0 Å². The zero-order valence-corrected chi connectivity index (χ0v) is 20.1. The number of imide groups is 1. The number of benzene rings is 2. The lowest BCUT2D eigenvalue weighted by molar-refractivity contribution is -0.139. The number of ether oxygens (including phenoxy) is 1. The van der Waals surface area contributed by atoms with E-state index >= 15 is 0 Å². The van der Waals surface area contributed by atoms with Gasteiger partial charge in [-0.05, 0) is 61.6 Å². The van der Waals surface area contributed by atoms with E-state index in [2.05, 4.69) is 0 Å². The Morgan fingerprint density at radius 1 is 0.971 bits per heavy atom. The van der Waals surface area contributed by atoms with Crippen molar-refractivity contribution in [2.24, 2.45) is 23.7 Å². The number of carbonyl (C=O) groups is 4. The molecule has 0 spiro atoms. The third-order valence-electron chi connectivity index (χ3n) is 7.43. The molecule has 180 valence electrons. The van der Waals surface area contributed by atoms with Crippen molar-refractivity contribution in [3.05, 3.63) is 65.7 Å². The number of allylic oxidation sites excluding steroid dienone is 2. The minimum absolute atomic E-state index is 0.00335. The summed E-state index contributed by atoms with van der Waals surface area (Å²) in [6.07, 6.45) is 4.57. The Hall–Kier alpha value is -3.74. The molecule has 3 amide bonds. The average molecular weight is 473 g/mol. The van der Waals surface area contributed by atoms with Crippen LogP contribution in [-0.2, 0) is 19.2 Å². The van der Waals surface area contributed by atoms with Gasteiger partial charge in [-0.25, -0.2) is 4.90 Å². The molecule has 4 atom stereocenters. The lowest BCUT2D eigenvalue weighted by Gasteiger charge is -2.22. The van der Waals surface area contributed by atoms with Crippen molar-refractivity contribution in [3.8, 4) is 5.75 Å². The standard InChI is InChI=1S/C28H28N2O5/c1-16-10-11-20(12-18(16)3)29-15-19(13-24(29)31)28(34)35-22-8-5-7-21(14-22)30-26(32)23-9-4-6-17(2)25(23)27(30)33/h4-8,10-12,14,17,19,23,25H,9,13,15H2,1-3H3/t17-,19-,23-,25-/m1/s1. The van der Waals surface area contributed by atoms with Crippen LogP contribution in [0, 0.1) is 37.5 Å². The second-order valence-corrected chi connectivity index (χ2v) is 9.76. The first-order valence-electron chi connectivity index (χ1n) is 12.0. The van der Waals surface area contributed by atoms with E-state index in [4.69, 9.17) is 4.74 Å². The summed E-state index contributed by atoms with van der Waals surface area (Å²) in [5, 5.41) is 0. The molecule has 7 nitrogen and oxygen atoms in total. The number of esters is 1. The summed E-state index contributed by atoms with van der Waals surface area (Å²) in [5.41, 5.74) is 3.38. The van der Waals surface area contributed by atoms with E-state index < -0.39 is 11.9 Å². The molecule has 5 rings (SSSR count). The average Bonchev–Trinajstić information content (AvgIpc) is 3.34. The van der Waals surface area contributed by atoms with E-state index in [1.807, 2.05) is 51.1 Å². The highest BCUT2D eigenvalue weighted by atomic mass is 16.5. The number of aryl methyl sites for hydroxylation is 2. The highest BCUT2D eigenvalue weighted by molar-refractivity contribution is 6.22. The zero-order valence-electron chi connectivity index (χ0n) is 20.1. The van der Waals surface area contributed by atoms with Crippen LogP contribution in [0.4, 0.5) is 11.4 Å². The molecule has 2 aromatic carbocycles. The van der Waals surface area contributed by atoms with Gasteiger partial charge in [0.25, 0.3) is 0 Å². The van der Waals surface area contributed by atoms with Crippen molar-refractivity contribution in [3.63, 3.8) is 0 Å². The van der Waals surface area contributed by atoms with Crippen molar-refractivity contribution < 1.29 is 23.9 Å². The molecule has 0 aromatic heterocycles. The maximum atomic E-state index is 13.1. The first kappa shape index (κ1) is 23.0. The van der Waals surface area contributed by atoms with Crippen molar-refractivity contribution in [2.45, 2.75) is 33.6 Å². The van der Waals surface area contributed by atoms with Crippen LogP contribution in [0.1, 0.15) is 30.9 Å². The molecule has 0 bridgehead atoms. The Balaban J connectivity index is 1.30. The van der Waals surface area contributed by atoms with Gasteiger partial charge in [0.1, 0.15) is 5.75 Å². The first-order valence-corrected chi connectivity index (χ1v) is 12.0. The summed E-state index contributed by atoms with van der Waals surface area (Å²) in [4.78, 5) is 54.5. The largest absolute Gasteiger partial charge is 0.426 e. The smallest absolute Gasteiger partial charge is 0.316 e. The van der Waals surface area contributed by atoms with Gasteiger partial charge in [-0.1, -0.05) is 31.2 Å². The fraction of sp³-hybridized carbons (Fsp3) is 0.357. The second-order valence-electron chi connectivity index (χ2n) is 9.76. The number of nitrogens with zero attached hydrogens (tertiary/aromatic N) is 2. The molecule has 7 heteroatoms. The maximum Gasteiger partial charge on any atom is 0.316 e. The second kappa shape index (κ2) is 8.80. The molecule has 1 aliphatic carbocycles. The molecule has 0 saturated carbocycles. The molecule has 0 radical (unpaired) electrons. The number of carbonyl (C=O) groups excluding carboxylic acids is 4. The van der Waals surface area contributed by atoms with Gasteiger partial charge < -0.3 is 9.64 Å². The van der Waals surface area contributed by atoms with Crippen LogP contribution in [0.3, 0.4) is 0 Å². The summed E-state index contributed by atoms with van der Waals surface area (Å²) in [5.74, 6) is -2.14. The molecule has 2 saturated heterocycles. The Morgan fingerprint density at radius 2 is 1.77 bits per heavy atom. The van der Waals surface area contributed by atoms with Crippen LogP contribution in [0.2, 0.25) is 0 Å². The molecule has 0 N–H and O–H groups in total. The summed E-state index contributed by atoms with van der Waals surface area (Å²) in [6.45, 7) is 6.19. The Labute approximate surface area is 204 Å². The summed E-state index contributed by atoms with van der Waals surface area (Å²) >= 11 is 0. The van der Waals surface area contributed by atoms with Gasteiger partial charge in [0.2, 0.25) is 17.7 Å². The van der Waals surface area contributed by atoms with E-state index in [1.54, 1.807) is 29.2 Å². The Kier molecular flexibility index (Phi) is 5.79. The summed E-state index contributed by atoms with van der Waals surface area (Å²) < 4.78 is 5.60. The van der Waals surface area contributed by atoms with Crippen molar-refractivity contribution in [2.75, 3.05) is 16.3 Å². The van der Waals surface area contributed by atoms with Crippen LogP contribution in [0.25, 0.3) is 0 Å². The van der Waals surface area contributed by atoms with E-state index in [0.29, 0.717) is 12.1 Å². The van der Waals surface area contributed by atoms with Gasteiger partial charge in [-0.2, -0.15) is 0 Å². The molecular formula is C28H28N2O5. The number of hydrogen-bond donors (Lipinski definition) is 0. The number of fused-ring (bicyclic) bond motifs is 1. The highest BCUT2D eigenvalue weighted by Gasteiger charge is 2.50. The molecule has 35 heavy (non-hydrogen) atoms. The van der Waals surface area contributed by atoms with Gasteiger partial charge >= 0.3 is 5.97 Å². The summed E-state index contributed by atoms with van der Waals surface area (Å²) in [6, 6.07) is 12.3. The van der Waals surface area contributed by atoms with Gasteiger partial charge in [0.05, 0.1) is 23.4 Å². The normalized spacial score (nSPS) is 25.9. The number of rotatable bonds is 4. The minimum Gasteiger partial charge on any atom is -0.426 e. The third kappa shape index (κ3) is 4.05. The van der Waals surface area contributed by atoms with Gasteiger partial charge in [-0.3, -0.25) is 19.2 Å². The Morgan fingerprint density at radius 3 is 2.51 bits per heavy atom. The SMILES string of the molecule is Cc1ccc(N2C[C@H](C(=O)Oc3cccc(N4C(=O)[C@@H]5[C@H](C)C=CC[C@H]5C4=O)c3)CC2=O)cc1C. The monoisotopic (exact) mass is 472 g/mol. The highest BCUT2D eigenvalue weighted by Crippen LogP contribution is 2.41. The van der Waals surface area contributed by atoms with Crippen molar-refractivity contribution in [1.82, 2.24) is 0 Å². The van der Waals surface area contributed by atoms with Crippen LogP contribution in [0.5, 0.6) is 5.75 Å². The van der Waals surface area contributed by atoms with Gasteiger partial charge in [0.15, 0.2) is 0 Å². The van der Waals surface area contributed by atoms with E-state index in [0.717, 1.165) is 16.8 Å². The van der Waals surface area contributed by atoms with Crippen LogP contribution in [-0.4, -0.2) is 30.2 Å². The van der Waals surface area contributed by atoms with Gasteiger partial charge in [-0.15, -0.1) is 0 Å². The minimum atomic E-state index is -0.599. The van der Waals surface area contributed by atoms with Crippen LogP contribution in [0.15, 0.2) is 54.6 Å². The fourth-order valence-corrected chi connectivity index (χ4v) is 5.30. The lowest BCUT2D eigenvalue weighted by atomic mass is 9.78. The molecular weight excluding hydrogens is 444 g/mol. The number of anilines is 2. The zero-order chi connectivity index (χ0) is 24.9. The quantitative estimate of drug-likeness (QED) is 0.291. The van der Waals surface area contributed by atoms with Crippen LogP contribution < -0.4 is 14.5 Å². The van der Waals surface area contributed by atoms with Crippen molar-refractivity contribution in [1.29, 1.82) is 0 Å². The predicted molar refractivity (Wildman–Crippen MR) is 131 cm³/mol. The fourth-order valence-electron chi connectivity index (χ4n) is 5.30. The molecule has 2 aliphatic heterocycles. The molecule has 0 unspecified atom stereocenters. The predicted octanol–water partition coefficient (Wildman–Crippen LogP) is 3.96. The maximum absolute atomic E-state index is 13.1. The molecule has 2 fully saturated rings. The van der Waals surface area contributed by atoms with Crippen molar-refractivity contribution >= 4 is 35.1 Å². The molecule has 3 aliphatic rings. The van der Waals surface area contributed by atoms with E-state index in [9.17, 15) is 19.2 Å². The molecule has 2 aromatic rings. The summed E-state index contributed by atoms with van der Waals surface area (Å²) in [7, 11) is 0. The first-order chi connectivity index (χ1) is 16.7. The number of hydrogen-bond acceptors (Lipinski definition) is 5. The molecule has 2 heterocycles. The third-order valence-corrected chi connectivity index (χ3v) is 7.43. The topological polar surface area (TPSA) is 84.0 Å².